The van der Waals surface area contributed by atoms with Crippen molar-refractivity contribution in [2.45, 2.75) is 32.3 Å². The molecule has 2 nitrogen and oxygen atoms in total. The Morgan fingerprint density at radius 3 is 2.45 bits per heavy atom. The molecular formula is C16H19ClO2S. The van der Waals surface area contributed by atoms with Gasteiger partial charge in [0.25, 0.3) is 0 Å². The van der Waals surface area contributed by atoms with Crippen molar-refractivity contribution in [3.05, 3.63) is 50.7 Å². The highest BCUT2D eigenvalue weighted by atomic mass is 35.5. The Morgan fingerprint density at radius 1 is 1.20 bits per heavy atom. The van der Waals surface area contributed by atoms with E-state index in [2.05, 4.69) is 26.8 Å². The second kappa shape index (κ2) is 5.76. The van der Waals surface area contributed by atoms with Gasteiger partial charge in [-0.2, -0.15) is 0 Å². The summed E-state index contributed by atoms with van der Waals surface area (Å²) in [6, 6.07) is 9.34. The number of rotatable bonds is 3. The molecule has 1 unspecified atom stereocenters. The Bertz CT molecular complexity index is 599. The normalized spacial score (nSPS) is 13.3. The first-order chi connectivity index (χ1) is 9.32. The van der Waals surface area contributed by atoms with Crippen LogP contribution in [-0.4, -0.2) is 12.2 Å². The quantitative estimate of drug-likeness (QED) is 0.883. The van der Waals surface area contributed by atoms with Crippen molar-refractivity contribution in [2.24, 2.45) is 0 Å². The molecule has 2 aromatic rings. The smallest absolute Gasteiger partial charge is 0.126 e. The van der Waals surface area contributed by atoms with Crippen LogP contribution in [0.4, 0.5) is 0 Å². The van der Waals surface area contributed by atoms with Gasteiger partial charge < -0.3 is 9.84 Å². The first-order valence-corrected chi connectivity index (χ1v) is 7.64. The molecule has 0 bridgehead atoms. The van der Waals surface area contributed by atoms with Gasteiger partial charge in [0.1, 0.15) is 11.9 Å². The monoisotopic (exact) mass is 310 g/mol. The van der Waals surface area contributed by atoms with Crippen LogP contribution in [0.3, 0.4) is 0 Å². The molecule has 4 heteroatoms. The van der Waals surface area contributed by atoms with E-state index in [4.69, 9.17) is 16.3 Å². The molecule has 1 atom stereocenters. The number of aliphatic hydroxyl groups is 1. The number of methoxy groups -OCH3 is 1. The molecular weight excluding hydrogens is 292 g/mol. The minimum atomic E-state index is -0.691. The number of thiophene rings is 1. The lowest BCUT2D eigenvalue weighted by Gasteiger charge is -2.16. The van der Waals surface area contributed by atoms with E-state index in [1.54, 1.807) is 30.6 Å². The lowest BCUT2D eigenvalue weighted by Crippen LogP contribution is -2.07. The van der Waals surface area contributed by atoms with Crippen LogP contribution in [0.25, 0.3) is 0 Å². The molecule has 0 aliphatic carbocycles. The summed E-state index contributed by atoms with van der Waals surface area (Å²) in [5.74, 6) is 0.607. The molecule has 0 amide bonds. The molecule has 0 aliphatic heterocycles. The first-order valence-electron chi connectivity index (χ1n) is 6.44. The zero-order valence-corrected chi connectivity index (χ0v) is 13.7. The number of hydrogen-bond donors (Lipinski definition) is 1. The van der Waals surface area contributed by atoms with Crippen molar-refractivity contribution in [1.82, 2.24) is 0 Å². The maximum atomic E-state index is 10.6. The van der Waals surface area contributed by atoms with Crippen molar-refractivity contribution in [2.75, 3.05) is 7.11 Å². The van der Waals surface area contributed by atoms with E-state index in [9.17, 15) is 5.11 Å². The third kappa shape index (κ3) is 3.17. The van der Waals surface area contributed by atoms with Gasteiger partial charge in [-0.3, -0.25) is 0 Å². The number of hydrogen-bond acceptors (Lipinski definition) is 3. The second-order valence-electron chi connectivity index (χ2n) is 5.74. The highest BCUT2D eigenvalue weighted by Crippen LogP contribution is 2.37. The van der Waals surface area contributed by atoms with Crippen LogP contribution in [-0.2, 0) is 5.41 Å². The number of benzene rings is 1. The SMILES string of the molecule is COc1cc(Cl)ccc1C(O)c1ccc(C(C)(C)C)s1. The van der Waals surface area contributed by atoms with Crippen molar-refractivity contribution in [3.63, 3.8) is 0 Å². The van der Waals surface area contributed by atoms with Gasteiger partial charge >= 0.3 is 0 Å². The average molecular weight is 311 g/mol. The van der Waals surface area contributed by atoms with E-state index in [0.717, 1.165) is 10.4 Å². The standard InChI is InChI=1S/C16H19ClO2S/c1-16(2,3)14-8-7-13(20-14)15(18)11-6-5-10(17)9-12(11)19-4/h5-9,15,18H,1-4H3. The van der Waals surface area contributed by atoms with Crippen LogP contribution in [0, 0.1) is 0 Å². The minimum absolute atomic E-state index is 0.0900. The van der Waals surface area contributed by atoms with Crippen LogP contribution in [0.2, 0.25) is 5.02 Å². The third-order valence-corrected chi connectivity index (χ3v) is 4.92. The lowest BCUT2D eigenvalue weighted by molar-refractivity contribution is 0.218. The molecule has 0 saturated carbocycles. The fraction of sp³-hybridized carbons (Fsp3) is 0.375. The number of ether oxygens (including phenoxy) is 1. The van der Waals surface area contributed by atoms with Crippen molar-refractivity contribution >= 4 is 22.9 Å². The van der Waals surface area contributed by atoms with E-state index < -0.39 is 6.10 Å². The highest BCUT2D eigenvalue weighted by molar-refractivity contribution is 7.12. The first kappa shape index (κ1) is 15.4. The Balaban J connectivity index is 2.36. The molecule has 1 aromatic carbocycles. The zero-order chi connectivity index (χ0) is 14.9. The van der Waals surface area contributed by atoms with Gasteiger partial charge in [-0.15, -0.1) is 11.3 Å². The Morgan fingerprint density at radius 2 is 1.90 bits per heavy atom. The summed E-state index contributed by atoms with van der Waals surface area (Å²) in [5.41, 5.74) is 0.825. The summed E-state index contributed by atoms with van der Waals surface area (Å²) in [5, 5.41) is 11.2. The van der Waals surface area contributed by atoms with Crippen molar-refractivity contribution in [1.29, 1.82) is 0 Å². The number of halogens is 1. The summed E-state index contributed by atoms with van der Waals surface area (Å²) >= 11 is 7.58. The van der Waals surface area contributed by atoms with E-state index in [-0.39, 0.29) is 5.41 Å². The van der Waals surface area contributed by atoms with Gasteiger partial charge in [0.05, 0.1) is 7.11 Å². The molecule has 1 N–H and O–H groups in total. The predicted octanol–water partition coefficient (Wildman–Crippen LogP) is 4.79. The third-order valence-electron chi connectivity index (χ3n) is 3.13. The Kier molecular flexibility index (Phi) is 4.43. The fourth-order valence-electron chi connectivity index (χ4n) is 1.97. The fourth-order valence-corrected chi connectivity index (χ4v) is 3.20. The summed E-state index contributed by atoms with van der Waals surface area (Å²) in [6.45, 7) is 6.49. The van der Waals surface area contributed by atoms with Gasteiger partial charge in [0.2, 0.25) is 0 Å². The summed E-state index contributed by atoms with van der Waals surface area (Å²) in [6.07, 6.45) is -0.691. The van der Waals surface area contributed by atoms with Gasteiger partial charge in [-0.1, -0.05) is 38.4 Å². The topological polar surface area (TPSA) is 29.5 Å². The molecule has 0 radical (unpaired) electrons. The van der Waals surface area contributed by atoms with Crippen LogP contribution in [0.1, 0.15) is 42.2 Å². The Labute approximate surface area is 129 Å². The number of aliphatic hydroxyl groups excluding tert-OH is 1. The maximum Gasteiger partial charge on any atom is 0.126 e. The van der Waals surface area contributed by atoms with E-state index in [0.29, 0.717) is 10.8 Å². The minimum Gasteiger partial charge on any atom is -0.496 e. The zero-order valence-electron chi connectivity index (χ0n) is 12.1. The Hall–Kier alpha value is -1.03. The van der Waals surface area contributed by atoms with E-state index >= 15 is 0 Å². The molecule has 0 aliphatic rings. The molecule has 108 valence electrons. The van der Waals surface area contributed by atoms with Crippen LogP contribution >= 0.6 is 22.9 Å². The maximum absolute atomic E-state index is 10.6. The van der Waals surface area contributed by atoms with Crippen LogP contribution < -0.4 is 4.74 Å². The van der Waals surface area contributed by atoms with Gasteiger partial charge in [0.15, 0.2) is 0 Å². The molecule has 0 fully saturated rings. The average Bonchev–Trinajstić information content (AvgIpc) is 2.87. The van der Waals surface area contributed by atoms with Gasteiger partial charge in [0, 0.05) is 20.3 Å². The largest absolute Gasteiger partial charge is 0.496 e. The lowest BCUT2D eigenvalue weighted by atomic mass is 9.95. The van der Waals surface area contributed by atoms with Gasteiger partial charge in [-0.25, -0.2) is 0 Å². The van der Waals surface area contributed by atoms with Gasteiger partial charge in [-0.05, 0) is 29.7 Å². The van der Waals surface area contributed by atoms with E-state index in [1.807, 2.05) is 12.1 Å². The molecule has 1 heterocycles. The highest BCUT2D eigenvalue weighted by Gasteiger charge is 2.21. The van der Waals surface area contributed by atoms with Crippen molar-refractivity contribution in [3.8, 4) is 5.75 Å². The summed E-state index contributed by atoms with van der Waals surface area (Å²) in [4.78, 5) is 2.16. The molecule has 0 spiro atoms. The van der Waals surface area contributed by atoms with Crippen LogP contribution in [0.15, 0.2) is 30.3 Å². The molecule has 20 heavy (non-hydrogen) atoms. The summed E-state index contributed by atoms with van der Waals surface area (Å²) in [7, 11) is 1.58. The molecule has 2 rings (SSSR count). The summed E-state index contributed by atoms with van der Waals surface area (Å²) < 4.78 is 5.30. The van der Waals surface area contributed by atoms with Crippen molar-refractivity contribution < 1.29 is 9.84 Å². The molecule has 1 aromatic heterocycles. The van der Waals surface area contributed by atoms with E-state index in [1.165, 1.54) is 4.88 Å². The molecule has 0 saturated heterocycles. The van der Waals surface area contributed by atoms with Crippen LogP contribution in [0.5, 0.6) is 5.75 Å². The second-order valence-corrected chi connectivity index (χ2v) is 7.29. The predicted molar refractivity (Wildman–Crippen MR) is 85.1 cm³/mol.